The molecule has 1 rings (SSSR count). The second kappa shape index (κ2) is 16.1. The maximum atomic E-state index is 10.7. The van der Waals surface area contributed by atoms with E-state index in [1.165, 1.54) is 24.8 Å². The Balaban J connectivity index is 0. The van der Waals surface area contributed by atoms with Gasteiger partial charge in [-0.15, -0.1) is 0 Å². The lowest BCUT2D eigenvalue weighted by Crippen LogP contribution is -2.06. The summed E-state index contributed by atoms with van der Waals surface area (Å²) in [6.07, 6.45) is 5.74. The van der Waals surface area contributed by atoms with E-state index < -0.39 is 0 Å². The average Bonchev–Trinajstić information content (AvgIpc) is 2.55. The largest absolute Gasteiger partial charge is 0.497 e. The fourth-order valence-corrected chi connectivity index (χ4v) is 1.67. The zero-order valence-corrected chi connectivity index (χ0v) is 15.7. The van der Waals surface area contributed by atoms with E-state index in [4.69, 9.17) is 4.74 Å². The molecule has 0 aliphatic rings. The van der Waals surface area contributed by atoms with Gasteiger partial charge in [0.1, 0.15) is 11.5 Å². The lowest BCUT2D eigenvalue weighted by atomic mass is 10.0. The second-order valence-electron chi connectivity index (χ2n) is 5.50. The molecule has 1 aromatic carbocycles. The van der Waals surface area contributed by atoms with Crippen molar-refractivity contribution in [2.45, 2.75) is 73.6 Å². The van der Waals surface area contributed by atoms with Gasteiger partial charge in [0.15, 0.2) is 0 Å². The molecule has 0 bridgehead atoms. The number of methoxy groups -OCH3 is 1. The summed E-state index contributed by atoms with van der Waals surface area (Å²) in [5.41, 5.74) is 1.23. The van der Waals surface area contributed by atoms with Crippen molar-refractivity contribution in [3.63, 3.8) is 0 Å². The zero-order chi connectivity index (χ0) is 17.4. The summed E-state index contributed by atoms with van der Waals surface area (Å²) in [7, 11) is 1.68. The normalized spacial score (nSPS) is 10.5. The smallest absolute Gasteiger partial charge is 0.135 e. The molecule has 2 nitrogen and oxygen atoms in total. The summed E-state index contributed by atoms with van der Waals surface area (Å²) in [5.74, 6) is 1.59. The summed E-state index contributed by atoms with van der Waals surface area (Å²) in [6, 6.07) is 7.96. The van der Waals surface area contributed by atoms with Gasteiger partial charge in [0.2, 0.25) is 0 Å². The highest BCUT2D eigenvalue weighted by molar-refractivity contribution is 5.80. The minimum absolute atomic E-state index is 0.278. The van der Waals surface area contributed by atoms with E-state index in [0.29, 0.717) is 12.2 Å². The molecule has 0 amide bonds. The molecule has 0 aliphatic heterocycles. The standard InChI is InChI=1S/C8H10O.C7H14O.C5H12/c1-7-4-3-5-8(6-7)9-2;1-4-6(3)7(8)5-2;1-3-5-4-2/h3-6H,1-2H3;6H,4-5H2,1-3H3;3-5H2,1-2H3. The Hall–Kier alpha value is -1.31. The number of carbonyl (C=O) groups excluding carboxylic acids is 1. The highest BCUT2D eigenvalue weighted by atomic mass is 16.5. The Bertz CT molecular complexity index is 370. The van der Waals surface area contributed by atoms with E-state index >= 15 is 0 Å². The predicted octanol–water partition coefficient (Wildman–Crippen LogP) is 6.21. The van der Waals surface area contributed by atoms with Crippen LogP contribution in [0.25, 0.3) is 0 Å². The minimum atomic E-state index is 0.278. The number of hydrogen-bond acceptors (Lipinski definition) is 2. The van der Waals surface area contributed by atoms with Crippen LogP contribution in [0.4, 0.5) is 0 Å². The Morgan fingerprint density at radius 3 is 1.95 bits per heavy atom. The third kappa shape index (κ3) is 13.7. The van der Waals surface area contributed by atoms with Gasteiger partial charge in [-0.05, 0) is 31.0 Å². The van der Waals surface area contributed by atoms with Gasteiger partial charge in [-0.1, -0.05) is 66.0 Å². The van der Waals surface area contributed by atoms with Gasteiger partial charge in [-0.3, -0.25) is 4.79 Å². The summed E-state index contributed by atoms with van der Waals surface area (Å²) in [5, 5.41) is 0. The molecular formula is C20H36O2. The van der Waals surface area contributed by atoms with Gasteiger partial charge >= 0.3 is 0 Å². The van der Waals surface area contributed by atoms with Crippen molar-refractivity contribution in [3.05, 3.63) is 29.8 Å². The maximum absolute atomic E-state index is 10.7. The number of aryl methyl sites for hydroxylation is 1. The van der Waals surface area contributed by atoms with Crippen molar-refractivity contribution in [3.8, 4) is 5.75 Å². The number of Topliss-reactive ketones (excluding diaryl/α,β-unsaturated/α-hetero) is 1. The topological polar surface area (TPSA) is 26.3 Å². The fourth-order valence-electron chi connectivity index (χ4n) is 1.67. The molecule has 128 valence electrons. The average molecular weight is 309 g/mol. The van der Waals surface area contributed by atoms with Gasteiger partial charge in [0.05, 0.1) is 7.11 Å². The molecule has 0 spiro atoms. The van der Waals surface area contributed by atoms with Crippen LogP contribution in [-0.4, -0.2) is 12.9 Å². The molecule has 2 heteroatoms. The van der Waals surface area contributed by atoms with Crippen molar-refractivity contribution in [1.29, 1.82) is 0 Å². The molecule has 0 radical (unpaired) electrons. The van der Waals surface area contributed by atoms with E-state index in [-0.39, 0.29) is 5.92 Å². The summed E-state index contributed by atoms with van der Waals surface area (Å²) in [6.45, 7) is 12.4. The van der Waals surface area contributed by atoms with Crippen LogP contribution in [0.15, 0.2) is 24.3 Å². The lowest BCUT2D eigenvalue weighted by molar-refractivity contribution is -0.122. The molecule has 0 saturated carbocycles. The van der Waals surface area contributed by atoms with E-state index in [0.717, 1.165) is 12.2 Å². The molecule has 1 aromatic rings. The molecule has 1 atom stereocenters. The SMILES string of the molecule is CCC(=O)C(C)CC.CCCCC.COc1cccc(C)c1. The predicted molar refractivity (Wildman–Crippen MR) is 97.7 cm³/mol. The Morgan fingerprint density at radius 2 is 1.73 bits per heavy atom. The third-order valence-electron chi connectivity index (χ3n) is 3.44. The Kier molecular flexibility index (Phi) is 16.8. The molecule has 0 heterocycles. The van der Waals surface area contributed by atoms with Crippen LogP contribution < -0.4 is 4.74 Å². The van der Waals surface area contributed by atoms with Crippen LogP contribution in [0.2, 0.25) is 0 Å². The fraction of sp³-hybridized carbons (Fsp3) is 0.650. The molecular weight excluding hydrogens is 272 g/mol. The number of hydrogen-bond donors (Lipinski definition) is 0. The summed E-state index contributed by atoms with van der Waals surface area (Å²) in [4.78, 5) is 10.7. The van der Waals surface area contributed by atoms with Crippen molar-refractivity contribution in [1.82, 2.24) is 0 Å². The zero-order valence-electron chi connectivity index (χ0n) is 15.7. The molecule has 1 unspecified atom stereocenters. The highest BCUT2D eigenvalue weighted by Crippen LogP contribution is 2.10. The van der Waals surface area contributed by atoms with Crippen molar-refractivity contribution >= 4 is 5.78 Å². The molecule has 0 aliphatic carbocycles. The molecule has 0 saturated heterocycles. The number of ketones is 1. The lowest BCUT2D eigenvalue weighted by Gasteiger charge is -2.02. The second-order valence-corrected chi connectivity index (χ2v) is 5.50. The first-order valence-corrected chi connectivity index (χ1v) is 8.59. The molecule has 0 N–H and O–H groups in total. The van der Waals surface area contributed by atoms with Gasteiger partial charge in [-0.25, -0.2) is 0 Å². The number of rotatable bonds is 6. The van der Waals surface area contributed by atoms with E-state index in [9.17, 15) is 4.79 Å². The Morgan fingerprint density at radius 1 is 1.14 bits per heavy atom. The maximum Gasteiger partial charge on any atom is 0.135 e. The number of unbranched alkanes of at least 4 members (excludes halogenated alkanes) is 2. The van der Waals surface area contributed by atoms with Crippen LogP contribution in [0.5, 0.6) is 5.75 Å². The highest BCUT2D eigenvalue weighted by Gasteiger charge is 2.05. The monoisotopic (exact) mass is 308 g/mol. The van der Waals surface area contributed by atoms with E-state index in [1.54, 1.807) is 7.11 Å². The van der Waals surface area contributed by atoms with Gasteiger partial charge in [0, 0.05) is 12.3 Å². The molecule has 0 aromatic heterocycles. The number of benzene rings is 1. The van der Waals surface area contributed by atoms with Crippen LogP contribution in [0, 0.1) is 12.8 Å². The van der Waals surface area contributed by atoms with Crippen LogP contribution in [0.1, 0.15) is 72.3 Å². The first-order valence-electron chi connectivity index (χ1n) is 8.59. The van der Waals surface area contributed by atoms with Gasteiger partial charge < -0.3 is 4.74 Å². The summed E-state index contributed by atoms with van der Waals surface area (Å²) >= 11 is 0. The Labute approximate surface area is 138 Å². The van der Waals surface area contributed by atoms with Crippen molar-refractivity contribution in [2.75, 3.05) is 7.11 Å². The van der Waals surface area contributed by atoms with Gasteiger partial charge in [0.25, 0.3) is 0 Å². The quantitative estimate of drug-likeness (QED) is 0.624. The third-order valence-corrected chi connectivity index (χ3v) is 3.44. The minimum Gasteiger partial charge on any atom is -0.497 e. The molecule has 0 fully saturated rings. The van der Waals surface area contributed by atoms with Crippen LogP contribution in [0.3, 0.4) is 0 Å². The molecule has 22 heavy (non-hydrogen) atoms. The van der Waals surface area contributed by atoms with Gasteiger partial charge in [-0.2, -0.15) is 0 Å². The van der Waals surface area contributed by atoms with Crippen molar-refractivity contribution in [2.24, 2.45) is 5.92 Å². The van der Waals surface area contributed by atoms with Crippen LogP contribution in [-0.2, 0) is 4.79 Å². The van der Waals surface area contributed by atoms with Crippen molar-refractivity contribution < 1.29 is 9.53 Å². The first kappa shape index (κ1) is 23.0. The number of ether oxygens (including phenoxy) is 1. The van der Waals surface area contributed by atoms with Crippen LogP contribution >= 0.6 is 0 Å². The van der Waals surface area contributed by atoms with E-state index in [1.807, 2.05) is 52.0 Å². The first-order chi connectivity index (χ1) is 10.5. The summed E-state index contributed by atoms with van der Waals surface area (Å²) < 4.78 is 5.00. The van der Waals surface area contributed by atoms with E-state index in [2.05, 4.69) is 13.8 Å². The number of carbonyl (C=O) groups is 1.